The minimum absolute atomic E-state index is 0.0351. The van der Waals surface area contributed by atoms with E-state index in [1.165, 1.54) is 18.2 Å². The minimum Gasteiger partial charge on any atom is -0.479 e. The lowest BCUT2D eigenvalue weighted by Crippen LogP contribution is -2.61. The van der Waals surface area contributed by atoms with E-state index in [-0.39, 0.29) is 29.4 Å². The Morgan fingerprint density at radius 1 is 1.30 bits per heavy atom. The molecule has 0 saturated carbocycles. The number of carboxylic acid groups (broad SMARTS) is 1. The van der Waals surface area contributed by atoms with Crippen LogP contribution in [0.25, 0.3) is 16.0 Å². The molecule has 0 spiro atoms. The molecule has 3 rings (SSSR count). The third kappa shape index (κ3) is 3.95. The van der Waals surface area contributed by atoms with Crippen molar-refractivity contribution in [3.63, 3.8) is 0 Å². The van der Waals surface area contributed by atoms with E-state index in [0.717, 1.165) is 0 Å². The first-order valence-corrected chi connectivity index (χ1v) is 8.68. The monoisotopic (exact) mass is 423 g/mol. The second-order valence-electron chi connectivity index (χ2n) is 6.53. The molecule has 1 fully saturated rings. The molecule has 1 aromatic carbocycles. The molecule has 0 amide bonds. The van der Waals surface area contributed by atoms with Gasteiger partial charge in [0.05, 0.1) is 12.1 Å². The predicted octanol–water partition coefficient (Wildman–Crippen LogP) is 1.03. The summed E-state index contributed by atoms with van der Waals surface area (Å²) in [5.41, 5.74) is 9.41. The molecule has 2 aliphatic rings. The summed E-state index contributed by atoms with van der Waals surface area (Å²) in [6, 6.07) is 2.82. The highest BCUT2D eigenvalue weighted by Crippen LogP contribution is 2.41. The SMILES string of the molecule is C=C1C=C(CN=[N+]=[N-])c2ccc(OC3OC(C(=O)O)C(O)C(O)C3O)c(CF)c2O1. The summed E-state index contributed by atoms with van der Waals surface area (Å²) in [4.78, 5) is 13.9. The number of hydrogen-bond acceptors (Lipinski definition) is 8. The van der Waals surface area contributed by atoms with Crippen molar-refractivity contribution in [2.75, 3.05) is 6.54 Å². The number of aliphatic hydroxyl groups is 3. The Hall–Kier alpha value is -3.15. The molecule has 30 heavy (non-hydrogen) atoms. The molecule has 0 aliphatic carbocycles. The van der Waals surface area contributed by atoms with Crippen molar-refractivity contribution < 1.29 is 43.8 Å². The van der Waals surface area contributed by atoms with Gasteiger partial charge in [0.2, 0.25) is 6.29 Å². The third-order valence-corrected chi connectivity index (χ3v) is 4.63. The Morgan fingerprint density at radius 3 is 2.67 bits per heavy atom. The number of allylic oxidation sites excluding steroid dienone is 1. The molecule has 5 unspecified atom stereocenters. The predicted molar refractivity (Wildman–Crippen MR) is 98.0 cm³/mol. The number of azide groups is 1. The summed E-state index contributed by atoms with van der Waals surface area (Å²) in [6.45, 7) is 2.56. The van der Waals surface area contributed by atoms with Crippen LogP contribution in [-0.2, 0) is 16.2 Å². The first-order chi connectivity index (χ1) is 14.3. The van der Waals surface area contributed by atoms with Gasteiger partial charge in [-0.2, -0.15) is 0 Å². The van der Waals surface area contributed by atoms with Crippen LogP contribution in [0.5, 0.6) is 11.5 Å². The summed E-state index contributed by atoms with van der Waals surface area (Å²) in [7, 11) is 0. The lowest BCUT2D eigenvalue weighted by atomic mass is 9.97. The lowest BCUT2D eigenvalue weighted by molar-refractivity contribution is -0.271. The number of alkyl halides is 1. The van der Waals surface area contributed by atoms with Crippen LogP contribution < -0.4 is 9.47 Å². The minimum atomic E-state index is -1.89. The maximum absolute atomic E-state index is 13.9. The number of halogens is 1. The van der Waals surface area contributed by atoms with Gasteiger partial charge in [0.25, 0.3) is 0 Å². The number of aliphatic hydroxyl groups excluding tert-OH is 3. The number of hydrogen-bond donors (Lipinski definition) is 4. The largest absolute Gasteiger partial charge is 0.479 e. The van der Waals surface area contributed by atoms with E-state index in [0.29, 0.717) is 11.1 Å². The summed E-state index contributed by atoms with van der Waals surface area (Å²) in [5.74, 6) is -1.52. The number of benzene rings is 1. The van der Waals surface area contributed by atoms with E-state index in [1.54, 1.807) is 0 Å². The summed E-state index contributed by atoms with van der Waals surface area (Å²) in [6.07, 6.45) is -7.61. The van der Waals surface area contributed by atoms with Crippen LogP contribution in [0.2, 0.25) is 0 Å². The zero-order valence-corrected chi connectivity index (χ0v) is 15.4. The van der Waals surface area contributed by atoms with Gasteiger partial charge in [-0.25, -0.2) is 9.18 Å². The second-order valence-corrected chi connectivity index (χ2v) is 6.53. The van der Waals surface area contributed by atoms with Crippen molar-refractivity contribution in [1.29, 1.82) is 0 Å². The molecule has 1 aromatic rings. The van der Waals surface area contributed by atoms with Crippen molar-refractivity contribution in [2.45, 2.75) is 37.4 Å². The highest BCUT2D eigenvalue weighted by Gasteiger charge is 2.48. The van der Waals surface area contributed by atoms with Crippen LogP contribution in [-0.4, -0.2) is 63.6 Å². The maximum atomic E-state index is 13.9. The molecule has 5 atom stereocenters. The average Bonchev–Trinajstić information content (AvgIpc) is 2.71. The lowest BCUT2D eigenvalue weighted by Gasteiger charge is -2.38. The van der Waals surface area contributed by atoms with Crippen LogP contribution in [0.4, 0.5) is 4.39 Å². The number of fused-ring (bicyclic) bond motifs is 1. The first kappa shape index (κ1) is 21.6. The van der Waals surface area contributed by atoms with Gasteiger partial charge in [-0.1, -0.05) is 11.7 Å². The van der Waals surface area contributed by atoms with Crippen molar-refractivity contribution in [2.24, 2.45) is 5.11 Å². The number of carbonyl (C=O) groups is 1. The van der Waals surface area contributed by atoms with Crippen LogP contribution in [0.15, 0.2) is 35.7 Å². The molecule has 0 aromatic heterocycles. The first-order valence-electron chi connectivity index (χ1n) is 8.68. The van der Waals surface area contributed by atoms with E-state index < -0.39 is 43.3 Å². The molecule has 0 radical (unpaired) electrons. The summed E-state index contributed by atoms with van der Waals surface area (Å²) >= 11 is 0. The highest BCUT2D eigenvalue weighted by molar-refractivity contribution is 5.78. The smallest absolute Gasteiger partial charge is 0.335 e. The van der Waals surface area contributed by atoms with E-state index >= 15 is 0 Å². The van der Waals surface area contributed by atoms with Crippen LogP contribution in [0.1, 0.15) is 11.1 Å². The number of ether oxygens (including phenoxy) is 3. The molecule has 2 heterocycles. The van der Waals surface area contributed by atoms with Crippen molar-refractivity contribution >= 4 is 11.5 Å². The fourth-order valence-electron chi connectivity index (χ4n) is 3.16. The number of rotatable bonds is 6. The van der Waals surface area contributed by atoms with Crippen molar-refractivity contribution in [1.82, 2.24) is 0 Å². The Bertz CT molecular complexity index is 946. The maximum Gasteiger partial charge on any atom is 0.335 e. The van der Waals surface area contributed by atoms with Gasteiger partial charge < -0.3 is 34.6 Å². The van der Waals surface area contributed by atoms with Gasteiger partial charge in [-0.15, -0.1) is 0 Å². The molecule has 2 aliphatic heterocycles. The fraction of sp³-hybridized carbons (Fsp3) is 0.389. The van der Waals surface area contributed by atoms with E-state index in [9.17, 15) is 24.5 Å². The van der Waals surface area contributed by atoms with Crippen LogP contribution >= 0.6 is 0 Å². The normalized spacial score (nSPS) is 27.9. The van der Waals surface area contributed by atoms with Gasteiger partial charge in [0, 0.05) is 10.5 Å². The van der Waals surface area contributed by atoms with E-state index in [1.807, 2.05) is 0 Å². The van der Waals surface area contributed by atoms with Gasteiger partial charge >= 0.3 is 5.97 Å². The van der Waals surface area contributed by atoms with Gasteiger partial charge in [0.15, 0.2) is 6.10 Å². The quantitative estimate of drug-likeness (QED) is 0.298. The molecule has 0 bridgehead atoms. The van der Waals surface area contributed by atoms with Crippen LogP contribution in [0.3, 0.4) is 0 Å². The highest BCUT2D eigenvalue weighted by atomic mass is 19.1. The average molecular weight is 423 g/mol. The van der Waals surface area contributed by atoms with Gasteiger partial charge in [-0.05, 0) is 29.3 Å². The van der Waals surface area contributed by atoms with Gasteiger partial charge in [-0.3, -0.25) is 0 Å². The van der Waals surface area contributed by atoms with Crippen molar-refractivity contribution in [3.05, 3.63) is 52.1 Å². The number of aliphatic carboxylic acids is 1. The van der Waals surface area contributed by atoms with Crippen molar-refractivity contribution in [3.8, 4) is 11.5 Å². The third-order valence-electron chi connectivity index (χ3n) is 4.63. The summed E-state index contributed by atoms with van der Waals surface area (Å²) < 4.78 is 29.9. The van der Waals surface area contributed by atoms with E-state index in [2.05, 4.69) is 16.6 Å². The number of carboxylic acids is 1. The van der Waals surface area contributed by atoms with Crippen LogP contribution in [0, 0.1) is 0 Å². The van der Waals surface area contributed by atoms with E-state index in [4.69, 9.17) is 24.8 Å². The molecule has 4 N–H and O–H groups in total. The second kappa shape index (κ2) is 8.69. The molecule has 12 heteroatoms. The zero-order valence-electron chi connectivity index (χ0n) is 15.4. The molecule has 160 valence electrons. The van der Waals surface area contributed by atoms with Gasteiger partial charge in [0.1, 0.15) is 42.2 Å². The molecule has 11 nitrogen and oxygen atoms in total. The number of nitrogens with zero attached hydrogens (tertiary/aromatic N) is 3. The zero-order chi connectivity index (χ0) is 22.0. The Kier molecular flexibility index (Phi) is 6.25. The molecule has 1 saturated heterocycles. The Balaban J connectivity index is 1.95. The summed E-state index contributed by atoms with van der Waals surface area (Å²) in [5, 5.41) is 42.4. The Morgan fingerprint density at radius 2 is 2.03 bits per heavy atom. The molecular weight excluding hydrogens is 405 g/mol. The Labute approximate surface area is 168 Å². The molecular formula is C18H18FN3O8. The topological polar surface area (TPSA) is 174 Å². The standard InChI is InChI=1S/C18H18FN3O8/c1-7-4-8(6-21-22-20)9-2-3-11(10(5-19)15(9)28-7)29-18-14(25)12(23)13(24)16(30-18)17(26)27/h2-4,12-14,16,18,23-25H,1,5-6H2,(H,26,27). The fourth-order valence-corrected chi connectivity index (χ4v) is 3.16.